The fourth-order valence-electron chi connectivity index (χ4n) is 2.34. The molecule has 0 aliphatic heterocycles. The van der Waals surface area contributed by atoms with E-state index in [-0.39, 0.29) is 5.41 Å². The molecule has 0 radical (unpaired) electrons. The predicted octanol–water partition coefficient (Wildman–Crippen LogP) is 4.35. The van der Waals surface area contributed by atoms with Gasteiger partial charge in [-0.05, 0) is 35.0 Å². The van der Waals surface area contributed by atoms with Crippen molar-refractivity contribution >= 4 is 11.3 Å². The Hall–Kier alpha value is -1.12. The maximum Gasteiger partial charge on any atom is 0.0671 e. The fraction of sp³-hybridized carbons (Fsp3) is 0.375. The summed E-state index contributed by atoms with van der Waals surface area (Å²) in [6.07, 6.45) is 0. The van der Waals surface area contributed by atoms with E-state index in [4.69, 9.17) is 0 Å². The topological polar surface area (TPSA) is 12.0 Å². The van der Waals surface area contributed by atoms with Crippen LogP contribution in [-0.2, 0) is 5.41 Å². The van der Waals surface area contributed by atoms with Crippen molar-refractivity contribution in [3.8, 4) is 0 Å². The molecule has 0 saturated heterocycles. The SMILES string of the molecule is CNC(c1cccs1)c1ccccc1C(C)(C)C. The Labute approximate surface area is 114 Å². The molecule has 1 N–H and O–H groups in total. The van der Waals surface area contributed by atoms with Gasteiger partial charge in [-0.2, -0.15) is 0 Å². The lowest BCUT2D eigenvalue weighted by Gasteiger charge is -2.27. The molecule has 0 bridgehead atoms. The van der Waals surface area contributed by atoms with Crippen molar-refractivity contribution in [3.05, 3.63) is 57.8 Å². The number of nitrogens with one attached hydrogen (secondary N) is 1. The smallest absolute Gasteiger partial charge is 0.0671 e. The lowest BCUT2D eigenvalue weighted by atomic mass is 9.81. The van der Waals surface area contributed by atoms with Crippen LogP contribution >= 0.6 is 11.3 Å². The molecule has 1 aromatic carbocycles. The molecule has 0 spiro atoms. The lowest BCUT2D eigenvalue weighted by Crippen LogP contribution is -2.22. The molecule has 1 nitrogen and oxygen atoms in total. The van der Waals surface area contributed by atoms with Crippen molar-refractivity contribution in [2.45, 2.75) is 32.2 Å². The Morgan fingerprint density at radius 3 is 2.33 bits per heavy atom. The van der Waals surface area contributed by atoms with Gasteiger partial charge in [0.05, 0.1) is 6.04 Å². The Morgan fingerprint density at radius 1 is 1.06 bits per heavy atom. The highest BCUT2D eigenvalue weighted by Crippen LogP contribution is 2.33. The van der Waals surface area contributed by atoms with Crippen LogP contribution in [0.3, 0.4) is 0 Å². The fourth-order valence-corrected chi connectivity index (χ4v) is 3.19. The number of hydrogen-bond acceptors (Lipinski definition) is 2. The van der Waals surface area contributed by atoms with Gasteiger partial charge in [-0.3, -0.25) is 0 Å². The van der Waals surface area contributed by atoms with Gasteiger partial charge in [-0.1, -0.05) is 51.1 Å². The van der Waals surface area contributed by atoms with Crippen LogP contribution in [-0.4, -0.2) is 7.05 Å². The van der Waals surface area contributed by atoms with Crippen molar-refractivity contribution in [1.82, 2.24) is 5.32 Å². The molecule has 1 heterocycles. The van der Waals surface area contributed by atoms with Crippen LogP contribution in [0.5, 0.6) is 0 Å². The average Bonchev–Trinajstić information content (AvgIpc) is 2.83. The van der Waals surface area contributed by atoms with Gasteiger partial charge in [0.25, 0.3) is 0 Å². The van der Waals surface area contributed by atoms with Crippen LogP contribution in [0.25, 0.3) is 0 Å². The summed E-state index contributed by atoms with van der Waals surface area (Å²) in [5.41, 5.74) is 2.97. The van der Waals surface area contributed by atoms with Crippen molar-refractivity contribution in [2.75, 3.05) is 7.05 Å². The van der Waals surface area contributed by atoms with E-state index in [0.717, 1.165) is 0 Å². The molecule has 0 aliphatic carbocycles. The minimum absolute atomic E-state index is 0.170. The van der Waals surface area contributed by atoms with E-state index >= 15 is 0 Å². The van der Waals surface area contributed by atoms with E-state index in [0.29, 0.717) is 6.04 Å². The normalized spacial score (nSPS) is 13.6. The second-order valence-electron chi connectivity index (χ2n) is 5.57. The van der Waals surface area contributed by atoms with Gasteiger partial charge in [0, 0.05) is 4.88 Å². The lowest BCUT2D eigenvalue weighted by molar-refractivity contribution is 0.568. The van der Waals surface area contributed by atoms with Crippen molar-refractivity contribution in [2.24, 2.45) is 0 Å². The van der Waals surface area contributed by atoms with Crippen LogP contribution < -0.4 is 5.32 Å². The summed E-state index contributed by atoms with van der Waals surface area (Å²) >= 11 is 1.81. The second kappa shape index (κ2) is 5.25. The summed E-state index contributed by atoms with van der Waals surface area (Å²) in [5, 5.41) is 5.58. The molecule has 1 atom stereocenters. The zero-order chi connectivity index (χ0) is 13.2. The summed E-state index contributed by atoms with van der Waals surface area (Å²) in [6, 6.07) is 13.3. The number of thiophene rings is 1. The maximum atomic E-state index is 3.44. The molecule has 96 valence electrons. The number of hydrogen-bond donors (Lipinski definition) is 1. The van der Waals surface area contributed by atoms with Crippen molar-refractivity contribution in [1.29, 1.82) is 0 Å². The molecule has 2 aromatic rings. The minimum Gasteiger partial charge on any atom is -0.309 e. The number of rotatable bonds is 3. The molecule has 2 rings (SSSR count). The minimum atomic E-state index is 0.170. The maximum absolute atomic E-state index is 3.44. The molecule has 0 fully saturated rings. The highest BCUT2D eigenvalue weighted by atomic mass is 32.1. The number of benzene rings is 1. The standard InChI is InChI=1S/C16H21NS/c1-16(2,3)13-9-6-5-8-12(13)15(17-4)14-10-7-11-18-14/h5-11,15,17H,1-4H3. The zero-order valence-electron chi connectivity index (χ0n) is 11.5. The Kier molecular flexibility index (Phi) is 3.88. The molecule has 1 aromatic heterocycles. The van der Waals surface area contributed by atoms with Gasteiger partial charge in [-0.25, -0.2) is 0 Å². The van der Waals surface area contributed by atoms with Crippen LogP contribution in [0.2, 0.25) is 0 Å². The zero-order valence-corrected chi connectivity index (χ0v) is 12.3. The van der Waals surface area contributed by atoms with Crippen molar-refractivity contribution < 1.29 is 0 Å². The first-order valence-corrected chi connectivity index (χ1v) is 7.22. The summed E-state index contributed by atoms with van der Waals surface area (Å²) in [6.45, 7) is 6.81. The molecule has 0 aliphatic rings. The highest BCUT2D eigenvalue weighted by molar-refractivity contribution is 7.10. The summed E-state index contributed by atoms with van der Waals surface area (Å²) in [4.78, 5) is 1.37. The van der Waals surface area contributed by atoms with Gasteiger partial charge >= 0.3 is 0 Å². The predicted molar refractivity (Wildman–Crippen MR) is 80.4 cm³/mol. The summed E-state index contributed by atoms with van der Waals surface area (Å²) < 4.78 is 0. The van der Waals surface area contributed by atoms with Crippen LogP contribution in [0.15, 0.2) is 41.8 Å². The van der Waals surface area contributed by atoms with E-state index < -0.39 is 0 Å². The highest BCUT2D eigenvalue weighted by Gasteiger charge is 2.22. The van der Waals surface area contributed by atoms with Gasteiger partial charge < -0.3 is 5.32 Å². The van der Waals surface area contributed by atoms with Crippen LogP contribution in [0, 0.1) is 0 Å². The molecule has 0 saturated carbocycles. The largest absolute Gasteiger partial charge is 0.309 e. The Bertz CT molecular complexity index is 494. The van der Waals surface area contributed by atoms with Gasteiger partial charge in [-0.15, -0.1) is 11.3 Å². The monoisotopic (exact) mass is 259 g/mol. The first-order chi connectivity index (χ1) is 8.54. The van der Waals surface area contributed by atoms with Gasteiger partial charge in [0.15, 0.2) is 0 Å². The van der Waals surface area contributed by atoms with Crippen molar-refractivity contribution in [3.63, 3.8) is 0 Å². The third kappa shape index (κ3) is 2.65. The Balaban J connectivity index is 2.50. The van der Waals surface area contributed by atoms with E-state index in [1.54, 1.807) is 0 Å². The van der Waals surface area contributed by atoms with E-state index in [1.165, 1.54) is 16.0 Å². The van der Waals surface area contributed by atoms with E-state index in [1.807, 2.05) is 18.4 Å². The second-order valence-corrected chi connectivity index (χ2v) is 6.55. The molecule has 0 amide bonds. The quantitative estimate of drug-likeness (QED) is 0.864. The van der Waals surface area contributed by atoms with Gasteiger partial charge in [0.1, 0.15) is 0 Å². The first-order valence-electron chi connectivity index (χ1n) is 6.34. The first kappa shape index (κ1) is 13.3. The van der Waals surface area contributed by atoms with Crippen LogP contribution in [0.4, 0.5) is 0 Å². The third-order valence-electron chi connectivity index (χ3n) is 3.20. The molecule has 18 heavy (non-hydrogen) atoms. The molecular weight excluding hydrogens is 238 g/mol. The summed E-state index contributed by atoms with van der Waals surface area (Å²) in [5.74, 6) is 0. The Morgan fingerprint density at radius 2 is 1.78 bits per heavy atom. The van der Waals surface area contributed by atoms with Crippen LogP contribution in [0.1, 0.15) is 42.8 Å². The van der Waals surface area contributed by atoms with E-state index in [9.17, 15) is 0 Å². The average molecular weight is 259 g/mol. The molecule has 1 unspecified atom stereocenters. The molecule has 2 heteroatoms. The van der Waals surface area contributed by atoms with E-state index in [2.05, 4.69) is 67.9 Å². The third-order valence-corrected chi connectivity index (χ3v) is 4.13. The summed E-state index contributed by atoms with van der Waals surface area (Å²) in [7, 11) is 2.03. The molecular formula is C16H21NS. The van der Waals surface area contributed by atoms with Gasteiger partial charge in [0.2, 0.25) is 0 Å².